The van der Waals surface area contributed by atoms with Gasteiger partial charge in [0.25, 0.3) is 0 Å². The van der Waals surface area contributed by atoms with E-state index in [2.05, 4.69) is 56.4 Å². The van der Waals surface area contributed by atoms with Crippen LogP contribution in [0.4, 0.5) is 0 Å². The molecule has 0 saturated heterocycles. The molecule has 0 unspecified atom stereocenters. The molecule has 0 fully saturated rings. The fourth-order valence-electron chi connectivity index (χ4n) is 2.78. The Balaban J connectivity index is 1.90. The van der Waals surface area contributed by atoms with Gasteiger partial charge in [0.05, 0.1) is 12.6 Å². The third-order valence-corrected chi connectivity index (χ3v) is 4.52. The molecule has 3 heteroatoms. The zero-order valence-electron chi connectivity index (χ0n) is 15.4. The van der Waals surface area contributed by atoms with E-state index in [1.165, 1.54) is 22.3 Å². The van der Waals surface area contributed by atoms with Gasteiger partial charge in [-0.15, -0.1) is 0 Å². The molecular weight excluding hydrogens is 296 g/mol. The van der Waals surface area contributed by atoms with Crippen LogP contribution in [-0.2, 0) is 11.3 Å². The fourth-order valence-corrected chi connectivity index (χ4v) is 2.78. The number of aryl methyl sites for hydroxylation is 3. The topological polar surface area (TPSA) is 32.3 Å². The van der Waals surface area contributed by atoms with Gasteiger partial charge in [-0.1, -0.05) is 42.5 Å². The summed E-state index contributed by atoms with van der Waals surface area (Å²) in [6, 6.07) is 14.7. The van der Waals surface area contributed by atoms with Gasteiger partial charge in [0.15, 0.2) is 0 Å². The zero-order chi connectivity index (χ0) is 17.7. The quantitative estimate of drug-likeness (QED) is 0.873. The lowest BCUT2D eigenvalue weighted by Crippen LogP contribution is -2.36. The Bertz CT molecular complexity index is 709. The van der Waals surface area contributed by atoms with Crippen molar-refractivity contribution in [3.63, 3.8) is 0 Å². The summed E-state index contributed by atoms with van der Waals surface area (Å²) in [6.07, 6.45) is 0. The number of nitrogens with one attached hydrogen (secondary N) is 1. The average Bonchev–Trinajstić information content (AvgIpc) is 2.52. The van der Waals surface area contributed by atoms with Crippen molar-refractivity contribution in [1.82, 2.24) is 10.2 Å². The average molecular weight is 324 g/mol. The molecule has 1 atom stereocenters. The van der Waals surface area contributed by atoms with E-state index >= 15 is 0 Å². The van der Waals surface area contributed by atoms with Crippen LogP contribution in [0.2, 0.25) is 0 Å². The van der Waals surface area contributed by atoms with E-state index < -0.39 is 0 Å². The van der Waals surface area contributed by atoms with Crippen molar-refractivity contribution in [3.05, 3.63) is 70.3 Å². The first-order valence-electron chi connectivity index (χ1n) is 8.46. The largest absolute Gasteiger partial charge is 0.348 e. The van der Waals surface area contributed by atoms with Gasteiger partial charge in [0.2, 0.25) is 5.91 Å². The van der Waals surface area contributed by atoms with Gasteiger partial charge in [-0.05, 0) is 62.6 Å². The summed E-state index contributed by atoms with van der Waals surface area (Å²) in [4.78, 5) is 14.4. The normalized spacial score (nSPS) is 12.2. The van der Waals surface area contributed by atoms with Crippen LogP contribution in [0.15, 0.2) is 42.5 Å². The number of carbonyl (C=O) groups excluding carboxylic acids is 1. The number of amides is 1. The molecule has 0 heterocycles. The van der Waals surface area contributed by atoms with Crippen molar-refractivity contribution >= 4 is 5.91 Å². The lowest BCUT2D eigenvalue weighted by molar-refractivity contribution is -0.122. The van der Waals surface area contributed by atoms with Gasteiger partial charge in [0.1, 0.15) is 0 Å². The molecule has 0 aromatic heterocycles. The molecule has 0 aliphatic rings. The number of rotatable bonds is 6. The highest BCUT2D eigenvalue weighted by Gasteiger charge is 2.13. The lowest BCUT2D eigenvalue weighted by Gasteiger charge is -2.20. The Labute approximate surface area is 145 Å². The summed E-state index contributed by atoms with van der Waals surface area (Å²) in [7, 11) is 1.98. The van der Waals surface area contributed by atoms with Crippen LogP contribution in [0, 0.1) is 20.8 Å². The van der Waals surface area contributed by atoms with E-state index in [0.717, 1.165) is 12.1 Å². The van der Waals surface area contributed by atoms with Crippen LogP contribution < -0.4 is 5.32 Å². The van der Waals surface area contributed by atoms with Gasteiger partial charge in [-0.2, -0.15) is 0 Å². The van der Waals surface area contributed by atoms with Crippen LogP contribution in [0.3, 0.4) is 0 Å². The lowest BCUT2D eigenvalue weighted by atomic mass is 10.0. The molecule has 1 N–H and O–H groups in total. The highest BCUT2D eigenvalue weighted by Crippen LogP contribution is 2.16. The summed E-state index contributed by atoms with van der Waals surface area (Å²) < 4.78 is 0. The van der Waals surface area contributed by atoms with Crippen LogP contribution in [0.1, 0.15) is 40.8 Å². The minimum Gasteiger partial charge on any atom is -0.348 e. The molecule has 24 heavy (non-hydrogen) atoms. The van der Waals surface area contributed by atoms with Crippen LogP contribution in [0.5, 0.6) is 0 Å². The maximum absolute atomic E-state index is 12.3. The second-order valence-corrected chi connectivity index (χ2v) is 6.73. The van der Waals surface area contributed by atoms with Gasteiger partial charge >= 0.3 is 0 Å². The number of benzene rings is 2. The van der Waals surface area contributed by atoms with Crippen molar-refractivity contribution in [3.8, 4) is 0 Å². The maximum atomic E-state index is 12.3. The van der Waals surface area contributed by atoms with Crippen molar-refractivity contribution in [2.45, 2.75) is 40.3 Å². The number of likely N-dealkylation sites (N-methyl/N-ethyl adjacent to an activating group) is 1. The van der Waals surface area contributed by atoms with Crippen molar-refractivity contribution in [1.29, 1.82) is 0 Å². The Morgan fingerprint density at radius 1 is 1.04 bits per heavy atom. The first kappa shape index (κ1) is 18.2. The molecule has 2 aromatic rings. The molecule has 0 aliphatic heterocycles. The smallest absolute Gasteiger partial charge is 0.234 e. The summed E-state index contributed by atoms with van der Waals surface area (Å²) in [5.41, 5.74) is 6.19. The third-order valence-electron chi connectivity index (χ3n) is 4.52. The second kappa shape index (κ2) is 8.11. The van der Waals surface area contributed by atoms with Gasteiger partial charge in [-0.3, -0.25) is 9.69 Å². The molecule has 128 valence electrons. The van der Waals surface area contributed by atoms with Gasteiger partial charge in [0, 0.05) is 6.54 Å². The van der Waals surface area contributed by atoms with Crippen molar-refractivity contribution in [2.24, 2.45) is 0 Å². The van der Waals surface area contributed by atoms with Crippen molar-refractivity contribution in [2.75, 3.05) is 13.6 Å². The molecule has 1 amide bonds. The third kappa shape index (κ3) is 4.93. The number of nitrogens with zero attached hydrogens (tertiary/aromatic N) is 1. The molecule has 0 radical (unpaired) electrons. The molecule has 0 saturated carbocycles. The first-order chi connectivity index (χ1) is 11.4. The van der Waals surface area contributed by atoms with E-state index in [1.807, 2.05) is 31.0 Å². The molecule has 3 nitrogen and oxygen atoms in total. The van der Waals surface area contributed by atoms with E-state index in [9.17, 15) is 4.79 Å². The highest BCUT2D eigenvalue weighted by molar-refractivity contribution is 5.78. The number of hydrogen-bond donors (Lipinski definition) is 1. The molecule has 0 spiro atoms. The van der Waals surface area contributed by atoms with Crippen LogP contribution in [-0.4, -0.2) is 24.4 Å². The fraction of sp³-hybridized carbons (Fsp3) is 0.381. The van der Waals surface area contributed by atoms with Crippen molar-refractivity contribution < 1.29 is 4.79 Å². The summed E-state index contributed by atoms with van der Waals surface area (Å²) in [5.74, 6) is 0.0526. The molecule has 0 bridgehead atoms. The standard InChI is InChI=1S/C21H28N2O/c1-15-10-11-19(12-17(15)3)18(4)22-21(24)14-23(5)13-20-9-7-6-8-16(20)2/h6-12,18H,13-14H2,1-5H3,(H,22,24)/t18-/m0/s1. The van der Waals surface area contributed by atoms with Crippen LogP contribution >= 0.6 is 0 Å². The van der Waals surface area contributed by atoms with Gasteiger partial charge < -0.3 is 5.32 Å². The summed E-state index contributed by atoms with van der Waals surface area (Å²) in [5, 5.41) is 3.09. The zero-order valence-corrected chi connectivity index (χ0v) is 15.4. The predicted molar refractivity (Wildman–Crippen MR) is 100.0 cm³/mol. The monoisotopic (exact) mass is 324 g/mol. The van der Waals surface area contributed by atoms with Crippen LogP contribution in [0.25, 0.3) is 0 Å². The molecule has 2 rings (SSSR count). The van der Waals surface area contributed by atoms with E-state index in [0.29, 0.717) is 6.54 Å². The Hall–Kier alpha value is -2.13. The minimum atomic E-state index is 0.0173. The molecule has 2 aromatic carbocycles. The molecular formula is C21H28N2O. The Morgan fingerprint density at radius 3 is 2.42 bits per heavy atom. The second-order valence-electron chi connectivity index (χ2n) is 6.73. The first-order valence-corrected chi connectivity index (χ1v) is 8.46. The van der Waals surface area contributed by atoms with E-state index in [1.54, 1.807) is 0 Å². The summed E-state index contributed by atoms with van der Waals surface area (Å²) in [6.45, 7) is 9.50. The highest BCUT2D eigenvalue weighted by atomic mass is 16.2. The summed E-state index contributed by atoms with van der Waals surface area (Å²) >= 11 is 0. The number of hydrogen-bond acceptors (Lipinski definition) is 2. The Morgan fingerprint density at radius 2 is 1.75 bits per heavy atom. The number of carbonyl (C=O) groups is 1. The van der Waals surface area contributed by atoms with E-state index in [4.69, 9.17) is 0 Å². The SMILES string of the molecule is Cc1ccc([C@H](C)NC(=O)CN(C)Cc2ccccc2C)cc1C. The predicted octanol–water partition coefficient (Wildman–Crippen LogP) is 3.92. The maximum Gasteiger partial charge on any atom is 0.234 e. The minimum absolute atomic E-state index is 0.0173. The Kier molecular flexibility index (Phi) is 6.16. The molecule has 0 aliphatic carbocycles. The van der Waals surface area contributed by atoms with Gasteiger partial charge in [-0.25, -0.2) is 0 Å². The van der Waals surface area contributed by atoms with E-state index in [-0.39, 0.29) is 11.9 Å².